The molecule has 0 bridgehead atoms. The summed E-state index contributed by atoms with van der Waals surface area (Å²) >= 11 is 0. The minimum absolute atomic E-state index is 0.155. The first-order valence-electron chi connectivity index (χ1n) is 10.8. The number of nitrogens with zero attached hydrogens (tertiary/aromatic N) is 2. The van der Waals surface area contributed by atoms with E-state index in [1.165, 1.54) is 6.07 Å². The first-order chi connectivity index (χ1) is 16.5. The lowest BCUT2D eigenvalue weighted by Gasteiger charge is -2.23. The van der Waals surface area contributed by atoms with Crippen LogP contribution in [0.15, 0.2) is 36.5 Å². The van der Waals surface area contributed by atoms with Crippen molar-refractivity contribution in [1.82, 2.24) is 15.3 Å². The van der Waals surface area contributed by atoms with Gasteiger partial charge in [0, 0.05) is 29.7 Å². The molecule has 0 radical (unpaired) electrons. The fourth-order valence-electron chi connectivity index (χ4n) is 3.75. The van der Waals surface area contributed by atoms with Crippen molar-refractivity contribution < 1.29 is 30.4 Å². The van der Waals surface area contributed by atoms with Crippen LogP contribution in [0.4, 0.5) is 33.6 Å². The van der Waals surface area contributed by atoms with Crippen molar-refractivity contribution in [2.24, 2.45) is 0 Å². The first-order valence-corrected chi connectivity index (χ1v) is 12.5. The standard InChI is InChI=1S/C22H22F5N5O2S/c23-19-16(4-6-18(20(19)24)32-35(33,34)9-7-22(25,26)27)13-3-5-17-14(10-13)11-29-21(31-17)30-15-2-1-8-28-12-15/h3-6,10-11,15,28,32H,1-2,7-9,12H2,(H,29,30,31)/t15-/m0/s1. The van der Waals surface area contributed by atoms with Crippen LogP contribution in [0, 0.1) is 11.6 Å². The molecule has 0 unspecified atom stereocenters. The SMILES string of the molecule is O=S(=O)(CCC(F)(F)F)Nc1ccc(-c2ccc3nc(N[C@H]4CCCNC4)ncc3c2)c(F)c1F. The van der Waals surface area contributed by atoms with Crippen LogP contribution in [-0.2, 0) is 10.0 Å². The number of aromatic nitrogens is 2. The summed E-state index contributed by atoms with van der Waals surface area (Å²) in [7, 11) is -4.53. The van der Waals surface area contributed by atoms with Gasteiger partial charge in [-0.3, -0.25) is 4.72 Å². The predicted molar refractivity (Wildman–Crippen MR) is 122 cm³/mol. The molecule has 2 heterocycles. The lowest BCUT2D eigenvalue weighted by molar-refractivity contribution is -0.129. The normalized spacial score (nSPS) is 16.9. The number of anilines is 2. The smallest absolute Gasteiger partial charge is 0.350 e. The Balaban J connectivity index is 1.54. The molecular weight excluding hydrogens is 493 g/mol. The van der Waals surface area contributed by atoms with Gasteiger partial charge in [0.25, 0.3) is 0 Å². The van der Waals surface area contributed by atoms with Crippen LogP contribution >= 0.6 is 0 Å². The Bertz CT molecular complexity index is 1330. The number of rotatable bonds is 7. The summed E-state index contributed by atoms with van der Waals surface area (Å²) in [4.78, 5) is 8.75. The largest absolute Gasteiger partial charge is 0.390 e. The summed E-state index contributed by atoms with van der Waals surface area (Å²) in [6.07, 6.45) is -2.72. The van der Waals surface area contributed by atoms with E-state index < -0.39 is 45.7 Å². The molecule has 3 aromatic rings. The van der Waals surface area contributed by atoms with Crippen LogP contribution in [0.5, 0.6) is 0 Å². The van der Waals surface area contributed by atoms with Crippen molar-refractivity contribution in [3.63, 3.8) is 0 Å². The maximum absolute atomic E-state index is 14.8. The van der Waals surface area contributed by atoms with Gasteiger partial charge in [0.15, 0.2) is 11.6 Å². The van der Waals surface area contributed by atoms with Crippen LogP contribution in [0.1, 0.15) is 19.3 Å². The molecule has 7 nitrogen and oxygen atoms in total. The second-order valence-electron chi connectivity index (χ2n) is 8.23. The number of halogens is 5. The maximum atomic E-state index is 14.8. The molecule has 0 aliphatic carbocycles. The van der Waals surface area contributed by atoms with Gasteiger partial charge in [-0.15, -0.1) is 0 Å². The zero-order valence-corrected chi connectivity index (χ0v) is 19.1. The van der Waals surface area contributed by atoms with Crippen molar-refractivity contribution in [3.05, 3.63) is 48.2 Å². The first kappa shape index (κ1) is 25.0. The summed E-state index contributed by atoms with van der Waals surface area (Å²) in [6, 6.07) is 7.04. The highest BCUT2D eigenvalue weighted by molar-refractivity contribution is 7.92. The molecule has 1 aliphatic heterocycles. The Labute approximate surface area is 198 Å². The third-order valence-electron chi connectivity index (χ3n) is 5.52. The van der Waals surface area contributed by atoms with E-state index >= 15 is 0 Å². The zero-order valence-electron chi connectivity index (χ0n) is 18.3. The Morgan fingerprint density at radius 3 is 2.63 bits per heavy atom. The van der Waals surface area contributed by atoms with E-state index in [0.29, 0.717) is 22.4 Å². The number of hydrogen-bond acceptors (Lipinski definition) is 6. The Morgan fingerprint density at radius 1 is 1.11 bits per heavy atom. The number of hydrogen-bond donors (Lipinski definition) is 3. The highest BCUT2D eigenvalue weighted by Gasteiger charge is 2.30. The van der Waals surface area contributed by atoms with Gasteiger partial charge >= 0.3 is 6.18 Å². The van der Waals surface area contributed by atoms with Gasteiger partial charge in [0.2, 0.25) is 16.0 Å². The molecular formula is C22H22F5N5O2S. The fraction of sp³-hybridized carbons (Fsp3) is 0.364. The monoisotopic (exact) mass is 515 g/mol. The van der Waals surface area contributed by atoms with Gasteiger partial charge in [-0.2, -0.15) is 13.2 Å². The molecule has 4 rings (SSSR count). The molecule has 1 saturated heterocycles. The van der Waals surface area contributed by atoms with Gasteiger partial charge < -0.3 is 10.6 Å². The number of fused-ring (bicyclic) bond motifs is 1. The van der Waals surface area contributed by atoms with Crippen molar-refractivity contribution in [2.75, 3.05) is 28.9 Å². The molecule has 188 valence electrons. The van der Waals surface area contributed by atoms with E-state index in [9.17, 15) is 30.4 Å². The lowest BCUT2D eigenvalue weighted by atomic mass is 10.0. The average molecular weight is 516 g/mol. The van der Waals surface area contributed by atoms with E-state index in [0.717, 1.165) is 38.1 Å². The zero-order chi connectivity index (χ0) is 25.2. The van der Waals surface area contributed by atoms with Crippen molar-refractivity contribution >= 4 is 32.6 Å². The minimum atomic E-state index is -4.70. The summed E-state index contributed by atoms with van der Waals surface area (Å²) in [5.74, 6) is -3.71. The molecule has 2 aromatic carbocycles. The van der Waals surface area contributed by atoms with Crippen LogP contribution in [0.3, 0.4) is 0 Å². The van der Waals surface area contributed by atoms with Crippen LogP contribution in [0.2, 0.25) is 0 Å². The van der Waals surface area contributed by atoms with Crippen molar-refractivity contribution in [3.8, 4) is 11.1 Å². The Morgan fingerprint density at radius 2 is 1.91 bits per heavy atom. The third-order valence-corrected chi connectivity index (χ3v) is 6.80. The highest BCUT2D eigenvalue weighted by atomic mass is 32.2. The molecule has 1 aromatic heterocycles. The Kier molecular flexibility index (Phi) is 7.08. The number of nitrogens with one attached hydrogen (secondary N) is 3. The topological polar surface area (TPSA) is 96.0 Å². The molecule has 1 atom stereocenters. The molecule has 1 aliphatic rings. The van der Waals surface area contributed by atoms with Crippen LogP contribution in [0.25, 0.3) is 22.0 Å². The molecule has 13 heteroatoms. The van der Waals surface area contributed by atoms with E-state index in [-0.39, 0.29) is 11.6 Å². The molecule has 0 amide bonds. The van der Waals surface area contributed by atoms with Crippen LogP contribution in [-0.4, -0.2) is 49.4 Å². The lowest BCUT2D eigenvalue weighted by Crippen LogP contribution is -2.38. The quantitative estimate of drug-likeness (QED) is 0.403. The van der Waals surface area contributed by atoms with Gasteiger partial charge in [-0.1, -0.05) is 6.07 Å². The summed E-state index contributed by atoms with van der Waals surface area (Å²) < 4.78 is 91.6. The Hall–Kier alpha value is -3.06. The van der Waals surface area contributed by atoms with Gasteiger partial charge in [-0.05, 0) is 49.2 Å². The molecule has 1 fully saturated rings. The maximum Gasteiger partial charge on any atom is 0.390 e. The van der Waals surface area contributed by atoms with E-state index in [2.05, 4.69) is 20.6 Å². The van der Waals surface area contributed by atoms with E-state index in [1.54, 1.807) is 23.1 Å². The van der Waals surface area contributed by atoms with Gasteiger partial charge in [-0.25, -0.2) is 27.2 Å². The molecule has 0 saturated carbocycles. The summed E-state index contributed by atoms with van der Waals surface area (Å²) in [5, 5.41) is 7.13. The van der Waals surface area contributed by atoms with Crippen LogP contribution < -0.4 is 15.4 Å². The molecule has 0 spiro atoms. The second-order valence-corrected chi connectivity index (χ2v) is 10.1. The van der Waals surface area contributed by atoms with Gasteiger partial charge in [0.05, 0.1) is 23.4 Å². The minimum Gasteiger partial charge on any atom is -0.350 e. The number of benzene rings is 2. The molecule has 35 heavy (non-hydrogen) atoms. The summed E-state index contributed by atoms with van der Waals surface area (Å²) in [5.41, 5.74) is -0.0466. The number of piperidine rings is 1. The third kappa shape index (κ3) is 6.34. The number of alkyl halides is 3. The molecule has 3 N–H and O–H groups in total. The fourth-order valence-corrected chi connectivity index (χ4v) is 4.84. The van der Waals surface area contributed by atoms with Gasteiger partial charge in [0.1, 0.15) is 0 Å². The predicted octanol–water partition coefficient (Wildman–Crippen LogP) is 4.43. The second kappa shape index (κ2) is 9.90. The summed E-state index contributed by atoms with van der Waals surface area (Å²) in [6.45, 7) is 1.78. The van der Waals surface area contributed by atoms with E-state index in [4.69, 9.17) is 0 Å². The van der Waals surface area contributed by atoms with E-state index in [1.807, 2.05) is 0 Å². The highest BCUT2D eigenvalue weighted by Crippen LogP contribution is 2.31. The van der Waals surface area contributed by atoms with Crippen molar-refractivity contribution in [2.45, 2.75) is 31.5 Å². The van der Waals surface area contributed by atoms with Crippen molar-refractivity contribution in [1.29, 1.82) is 0 Å². The number of sulfonamides is 1. The average Bonchev–Trinajstić information content (AvgIpc) is 2.81.